The van der Waals surface area contributed by atoms with Gasteiger partial charge in [-0.3, -0.25) is 0 Å². The van der Waals surface area contributed by atoms with Crippen molar-refractivity contribution < 1.29 is 14.7 Å². The van der Waals surface area contributed by atoms with Gasteiger partial charge in [0.15, 0.2) is 0 Å². The van der Waals surface area contributed by atoms with Crippen molar-refractivity contribution in [2.24, 2.45) is 22.7 Å². The summed E-state index contributed by atoms with van der Waals surface area (Å²) in [5.41, 5.74) is 0.448. The van der Waals surface area contributed by atoms with Gasteiger partial charge in [-0.15, -0.1) is 0 Å². The van der Waals surface area contributed by atoms with Crippen molar-refractivity contribution in [2.75, 3.05) is 13.1 Å². The molecule has 1 saturated heterocycles. The standard InChI is InChI=1S/C16H28N2O3/c1-10-7-6-8-18(12(10)13(19)20)14(21)17-9-11-15(2,3)16(11,4)5/h10-12H,6-9H2,1-5H3,(H,17,21)(H,19,20). The van der Waals surface area contributed by atoms with E-state index in [0.29, 0.717) is 19.0 Å². The highest BCUT2D eigenvalue weighted by atomic mass is 16.4. The van der Waals surface area contributed by atoms with Crippen LogP contribution in [-0.2, 0) is 4.79 Å². The molecule has 0 aromatic rings. The summed E-state index contributed by atoms with van der Waals surface area (Å²) in [6, 6.07) is -0.925. The second-order valence-corrected chi connectivity index (χ2v) is 7.78. The van der Waals surface area contributed by atoms with Gasteiger partial charge in [-0.25, -0.2) is 9.59 Å². The summed E-state index contributed by atoms with van der Waals surface area (Å²) in [6.07, 6.45) is 1.74. The molecule has 0 aromatic carbocycles. The predicted octanol–water partition coefficient (Wildman–Crippen LogP) is 2.56. The van der Waals surface area contributed by atoms with Crippen LogP contribution >= 0.6 is 0 Å². The lowest BCUT2D eigenvalue weighted by Crippen LogP contribution is -2.55. The predicted molar refractivity (Wildman–Crippen MR) is 81.0 cm³/mol. The van der Waals surface area contributed by atoms with Crippen LogP contribution in [0.5, 0.6) is 0 Å². The summed E-state index contributed by atoms with van der Waals surface area (Å²) in [6.45, 7) is 11.9. The number of rotatable bonds is 3. The zero-order chi connectivity index (χ0) is 16.0. The Morgan fingerprint density at radius 2 is 1.81 bits per heavy atom. The molecule has 120 valence electrons. The molecule has 2 N–H and O–H groups in total. The monoisotopic (exact) mass is 296 g/mol. The van der Waals surface area contributed by atoms with Crippen molar-refractivity contribution in [3.8, 4) is 0 Å². The molecule has 2 unspecified atom stereocenters. The number of piperidine rings is 1. The summed E-state index contributed by atoms with van der Waals surface area (Å²) in [5.74, 6) is -0.445. The van der Waals surface area contributed by atoms with E-state index in [1.165, 1.54) is 4.90 Å². The van der Waals surface area contributed by atoms with Crippen LogP contribution in [0.4, 0.5) is 4.79 Å². The molecule has 1 aliphatic heterocycles. The van der Waals surface area contributed by atoms with Crippen LogP contribution in [-0.4, -0.2) is 41.1 Å². The van der Waals surface area contributed by atoms with Crippen LogP contribution in [0.25, 0.3) is 0 Å². The lowest BCUT2D eigenvalue weighted by Gasteiger charge is -2.37. The Labute approximate surface area is 127 Å². The Bertz CT molecular complexity index is 431. The molecule has 2 aliphatic rings. The lowest BCUT2D eigenvalue weighted by molar-refractivity contribution is -0.145. The first kappa shape index (κ1) is 16.1. The van der Waals surface area contributed by atoms with Gasteiger partial charge in [-0.05, 0) is 35.5 Å². The summed E-state index contributed by atoms with van der Waals surface area (Å²) in [5, 5.41) is 12.3. The van der Waals surface area contributed by atoms with E-state index < -0.39 is 12.0 Å². The summed E-state index contributed by atoms with van der Waals surface area (Å²) in [4.78, 5) is 25.3. The smallest absolute Gasteiger partial charge is 0.326 e. The van der Waals surface area contributed by atoms with Crippen LogP contribution in [0.1, 0.15) is 47.5 Å². The molecular formula is C16H28N2O3. The van der Waals surface area contributed by atoms with Crippen molar-refractivity contribution in [1.29, 1.82) is 0 Å². The molecule has 5 heteroatoms. The minimum Gasteiger partial charge on any atom is -0.480 e. The van der Waals surface area contributed by atoms with Crippen molar-refractivity contribution in [3.63, 3.8) is 0 Å². The van der Waals surface area contributed by atoms with E-state index in [1.807, 2.05) is 6.92 Å². The molecule has 2 atom stereocenters. The highest BCUT2D eigenvalue weighted by Crippen LogP contribution is 2.67. The number of likely N-dealkylation sites (tertiary alicyclic amines) is 1. The van der Waals surface area contributed by atoms with Crippen LogP contribution < -0.4 is 5.32 Å². The Kier molecular flexibility index (Phi) is 3.98. The fourth-order valence-electron chi connectivity index (χ4n) is 3.93. The number of hydrogen-bond acceptors (Lipinski definition) is 2. The first-order valence-corrected chi connectivity index (χ1v) is 7.88. The molecule has 2 fully saturated rings. The fourth-order valence-corrected chi connectivity index (χ4v) is 3.93. The molecule has 1 aliphatic carbocycles. The quantitative estimate of drug-likeness (QED) is 0.841. The second kappa shape index (κ2) is 5.18. The zero-order valence-corrected chi connectivity index (χ0v) is 13.8. The minimum absolute atomic E-state index is 0.0100. The average molecular weight is 296 g/mol. The van der Waals surface area contributed by atoms with Gasteiger partial charge in [0.1, 0.15) is 6.04 Å². The average Bonchev–Trinajstić information content (AvgIpc) is 2.76. The molecule has 21 heavy (non-hydrogen) atoms. The maximum absolute atomic E-state index is 12.4. The zero-order valence-electron chi connectivity index (χ0n) is 13.8. The highest BCUT2D eigenvalue weighted by Gasteiger charge is 2.64. The second-order valence-electron chi connectivity index (χ2n) is 7.78. The van der Waals surface area contributed by atoms with Gasteiger partial charge in [0, 0.05) is 13.1 Å². The molecular weight excluding hydrogens is 268 g/mol. The van der Waals surface area contributed by atoms with E-state index in [4.69, 9.17) is 0 Å². The van der Waals surface area contributed by atoms with E-state index in [0.717, 1.165) is 12.8 Å². The summed E-state index contributed by atoms with van der Waals surface area (Å²) < 4.78 is 0. The van der Waals surface area contributed by atoms with Crippen LogP contribution in [0.15, 0.2) is 0 Å². The molecule has 1 heterocycles. The maximum atomic E-state index is 12.4. The van der Waals surface area contributed by atoms with E-state index in [9.17, 15) is 14.7 Å². The third-order valence-electron chi connectivity index (χ3n) is 6.22. The van der Waals surface area contributed by atoms with E-state index in [1.54, 1.807) is 0 Å². The van der Waals surface area contributed by atoms with Crippen LogP contribution in [0, 0.1) is 22.7 Å². The van der Waals surface area contributed by atoms with E-state index >= 15 is 0 Å². The number of carboxylic acids is 1. The number of hydrogen-bond donors (Lipinski definition) is 2. The van der Waals surface area contributed by atoms with Gasteiger partial charge in [0.2, 0.25) is 0 Å². The molecule has 0 bridgehead atoms. The summed E-state index contributed by atoms with van der Waals surface area (Å²) >= 11 is 0. The molecule has 0 aromatic heterocycles. The first-order valence-electron chi connectivity index (χ1n) is 7.88. The van der Waals surface area contributed by atoms with E-state index in [2.05, 4.69) is 33.0 Å². The van der Waals surface area contributed by atoms with Crippen molar-refractivity contribution in [3.05, 3.63) is 0 Å². The molecule has 2 rings (SSSR count). The number of urea groups is 1. The van der Waals surface area contributed by atoms with Crippen molar-refractivity contribution in [1.82, 2.24) is 10.2 Å². The molecule has 0 radical (unpaired) electrons. The number of aliphatic carboxylic acids is 1. The van der Waals surface area contributed by atoms with Crippen LogP contribution in [0.3, 0.4) is 0 Å². The molecule has 5 nitrogen and oxygen atoms in total. The number of carbonyl (C=O) groups is 2. The van der Waals surface area contributed by atoms with Gasteiger partial charge >= 0.3 is 12.0 Å². The SMILES string of the molecule is CC1CCCN(C(=O)NCC2C(C)(C)C2(C)C)C1C(=O)O. The normalized spacial score (nSPS) is 30.8. The number of carbonyl (C=O) groups excluding carboxylic acids is 1. The molecule has 1 saturated carbocycles. The van der Waals surface area contributed by atoms with Gasteiger partial charge in [0.05, 0.1) is 0 Å². The van der Waals surface area contributed by atoms with Crippen molar-refractivity contribution >= 4 is 12.0 Å². The van der Waals surface area contributed by atoms with Gasteiger partial charge in [0.25, 0.3) is 0 Å². The molecule has 2 amide bonds. The first-order chi connectivity index (χ1) is 9.60. The Morgan fingerprint density at radius 3 is 2.29 bits per heavy atom. The van der Waals surface area contributed by atoms with E-state index in [-0.39, 0.29) is 22.8 Å². The number of amides is 2. The van der Waals surface area contributed by atoms with Gasteiger partial charge in [-0.2, -0.15) is 0 Å². The number of nitrogens with one attached hydrogen (secondary N) is 1. The number of carboxylic acid groups (broad SMARTS) is 1. The maximum Gasteiger partial charge on any atom is 0.326 e. The molecule has 0 spiro atoms. The van der Waals surface area contributed by atoms with Gasteiger partial charge < -0.3 is 15.3 Å². The lowest BCUT2D eigenvalue weighted by atomic mass is 9.91. The number of nitrogens with zero attached hydrogens (tertiary/aromatic N) is 1. The Hall–Kier alpha value is -1.26. The van der Waals surface area contributed by atoms with Gasteiger partial charge in [-0.1, -0.05) is 34.6 Å². The van der Waals surface area contributed by atoms with Crippen molar-refractivity contribution in [2.45, 2.75) is 53.5 Å². The largest absolute Gasteiger partial charge is 0.480 e. The van der Waals surface area contributed by atoms with Crippen LogP contribution in [0.2, 0.25) is 0 Å². The topological polar surface area (TPSA) is 69.6 Å². The summed E-state index contributed by atoms with van der Waals surface area (Å²) in [7, 11) is 0. The third kappa shape index (κ3) is 2.62. The third-order valence-corrected chi connectivity index (χ3v) is 6.22. The highest BCUT2D eigenvalue weighted by molar-refractivity contribution is 5.83. The Balaban J connectivity index is 1.95. The Morgan fingerprint density at radius 1 is 1.24 bits per heavy atom. The fraction of sp³-hybridized carbons (Fsp3) is 0.875. The minimum atomic E-state index is -0.899.